The van der Waals surface area contributed by atoms with Gasteiger partial charge < -0.3 is 15.4 Å². The molecule has 0 radical (unpaired) electrons. The van der Waals surface area contributed by atoms with Crippen LogP contribution in [0.4, 0.5) is 0 Å². The molecule has 26 heavy (non-hydrogen) atoms. The monoisotopic (exact) mass is 492 g/mol. The maximum Gasteiger partial charge on any atom is 0.191 e. The molecule has 0 amide bonds. The molecule has 0 aliphatic carbocycles. The summed E-state index contributed by atoms with van der Waals surface area (Å²) in [5.41, 5.74) is 1.16. The number of nitrogens with one attached hydrogen (secondary N) is 2. The van der Waals surface area contributed by atoms with Crippen LogP contribution in [-0.2, 0) is 11.2 Å². The number of guanidine groups is 1. The van der Waals surface area contributed by atoms with E-state index in [0.717, 1.165) is 49.2 Å². The van der Waals surface area contributed by atoms with Crippen molar-refractivity contribution in [3.8, 4) is 0 Å². The standard InChI is InChI=1S/C19H29ClN4O.HI/c1-2-21-19(22-10-9-15-6-3-4-8-18(15)20)23-12-17-13-24-11-5-7-16(24)14-25-17;/h3-4,6,8,16-17H,2,5,7,9-14H2,1H3,(H2,21,22,23);1H. The number of rotatable bonds is 6. The Bertz CT molecular complexity index is 586. The van der Waals surface area contributed by atoms with E-state index >= 15 is 0 Å². The molecule has 0 saturated carbocycles. The Morgan fingerprint density at radius 2 is 2.19 bits per heavy atom. The predicted molar refractivity (Wildman–Crippen MR) is 119 cm³/mol. The molecule has 0 spiro atoms. The fourth-order valence-corrected chi connectivity index (χ4v) is 3.78. The molecule has 3 rings (SSSR count). The van der Waals surface area contributed by atoms with Gasteiger partial charge >= 0.3 is 0 Å². The lowest BCUT2D eigenvalue weighted by Gasteiger charge is -2.34. The Morgan fingerprint density at radius 1 is 1.35 bits per heavy atom. The van der Waals surface area contributed by atoms with Gasteiger partial charge in [-0.05, 0) is 44.4 Å². The third-order valence-corrected chi connectivity index (χ3v) is 5.27. The zero-order chi connectivity index (χ0) is 17.5. The van der Waals surface area contributed by atoms with Crippen LogP contribution in [0.15, 0.2) is 29.3 Å². The third-order valence-electron chi connectivity index (χ3n) is 4.90. The highest BCUT2D eigenvalue weighted by Crippen LogP contribution is 2.22. The summed E-state index contributed by atoms with van der Waals surface area (Å²) in [6.07, 6.45) is 3.66. The molecule has 146 valence electrons. The smallest absolute Gasteiger partial charge is 0.191 e. The van der Waals surface area contributed by atoms with Crippen molar-refractivity contribution in [2.75, 3.05) is 39.3 Å². The van der Waals surface area contributed by atoms with Crippen molar-refractivity contribution in [3.05, 3.63) is 34.9 Å². The first-order valence-electron chi connectivity index (χ1n) is 9.37. The summed E-state index contributed by atoms with van der Waals surface area (Å²) in [5.74, 6) is 0.849. The molecule has 2 saturated heterocycles. The average Bonchev–Trinajstić information content (AvgIpc) is 3.09. The molecule has 1 aromatic rings. The number of benzene rings is 1. The molecule has 2 aliphatic rings. The zero-order valence-electron chi connectivity index (χ0n) is 15.4. The van der Waals surface area contributed by atoms with Gasteiger partial charge in [0, 0.05) is 30.7 Å². The van der Waals surface area contributed by atoms with Gasteiger partial charge in [-0.1, -0.05) is 29.8 Å². The second-order valence-corrected chi connectivity index (χ2v) is 7.14. The van der Waals surface area contributed by atoms with Gasteiger partial charge in [-0.15, -0.1) is 24.0 Å². The van der Waals surface area contributed by atoms with Gasteiger partial charge in [-0.2, -0.15) is 0 Å². The first-order chi connectivity index (χ1) is 12.3. The molecule has 2 aliphatic heterocycles. The van der Waals surface area contributed by atoms with Crippen molar-refractivity contribution in [1.82, 2.24) is 15.5 Å². The van der Waals surface area contributed by atoms with Crippen molar-refractivity contribution in [3.63, 3.8) is 0 Å². The Labute approximate surface area is 178 Å². The van der Waals surface area contributed by atoms with E-state index in [2.05, 4.69) is 28.5 Å². The molecule has 2 N–H and O–H groups in total. The molecule has 2 unspecified atom stereocenters. The number of halogens is 2. The summed E-state index contributed by atoms with van der Waals surface area (Å²) in [6, 6.07) is 8.62. The highest BCUT2D eigenvalue weighted by molar-refractivity contribution is 14.0. The molecule has 0 bridgehead atoms. The molecule has 2 atom stereocenters. The fraction of sp³-hybridized carbons (Fsp3) is 0.632. The number of fused-ring (bicyclic) bond motifs is 1. The Balaban J connectivity index is 0.00000243. The molecule has 1 aromatic carbocycles. The summed E-state index contributed by atoms with van der Waals surface area (Å²) < 4.78 is 5.99. The van der Waals surface area contributed by atoms with Crippen LogP contribution in [0, 0.1) is 0 Å². The van der Waals surface area contributed by atoms with Crippen LogP contribution in [0.1, 0.15) is 25.3 Å². The van der Waals surface area contributed by atoms with Crippen LogP contribution >= 0.6 is 35.6 Å². The van der Waals surface area contributed by atoms with Crippen LogP contribution < -0.4 is 10.6 Å². The minimum absolute atomic E-state index is 0. The lowest BCUT2D eigenvalue weighted by atomic mass is 10.1. The van der Waals surface area contributed by atoms with E-state index in [-0.39, 0.29) is 30.1 Å². The second kappa shape index (κ2) is 11.3. The number of hydrogen-bond donors (Lipinski definition) is 2. The lowest BCUT2D eigenvalue weighted by molar-refractivity contribution is -0.0432. The maximum atomic E-state index is 6.21. The van der Waals surface area contributed by atoms with E-state index in [1.165, 1.54) is 19.4 Å². The number of ether oxygens (including phenoxy) is 1. The molecule has 0 aromatic heterocycles. The quantitative estimate of drug-likeness (QED) is 0.364. The van der Waals surface area contributed by atoms with Crippen LogP contribution in [0.5, 0.6) is 0 Å². The molecule has 2 heterocycles. The van der Waals surface area contributed by atoms with Gasteiger partial charge in [-0.25, -0.2) is 0 Å². The van der Waals surface area contributed by atoms with Gasteiger partial charge in [0.2, 0.25) is 0 Å². The summed E-state index contributed by atoms with van der Waals surface area (Å²) in [5, 5.41) is 7.52. The summed E-state index contributed by atoms with van der Waals surface area (Å²) in [6.45, 7) is 7.50. The minimum Gasteiger partial charge on any atom is -0.373 e. The van der Waals surface area contributed by atoms with Gasteiger partial charge in [0.05, 0.1) is 19.3 Å². The molecule has 7 heteroatoms. The van der Waals surface area contributed by atoms with Gasteiger partial charge in [0.15, 0.2) is 5.96 Å². The van der Waals surface area contributed by atoms with E-state index in [1.807, 2.05) is 18.2 Å². The van der Waals surface area contributed by atoms with Crippen LogP contribution in [0.25, 0.3) is 0 Å². The van der Waals surface area contributed by atoms with E-state index < -0.39 is 0 Å². The van der Waals surface area contributed by atoms with Crippen molar-refractivity contribution >= 4 is 41.5 Å². The van der Waals surface area contributed by atoms with E-state index in [9.17, 15) is 0 Å². The minimum atomic E-state index is 0. The molecular formula is C19H30ClIN4O. The average molecular weight is 493 g/mol. The summed E-state index contributed by atoms with van der Waals surface area (Å²) in [7, 11) is 0. The highest BCUT2D eigenvalue weighted by Gasteiger charge is 2.31. The molecule has 5 nitrogen and oxygen atoms in total. The van der Waals surface area contributed by atoms with Crippen LogP contribution in [0.2, 0.25) is 5.02 Å². The van der Waals surface area contributed by atoms with E-state index in [0.29, 0.717) is 12.6 Å². The fourth-order valence-electron chi connectivity index (χ4n) is 3.55. The van der Waals surface area contributed by atoms with Gasteiger partial charge in [0.25, 0.3) is 0 Å². The number of nitrogens with zero attached hydrogens (tertiary/aromatic N) is 2. The number of hydrogen-bond acceptors (Lipinski definition) is 3. The maximum absolute atomic E-state index is 6.21. The first kappa shape index (κ1) is 21.7. The van der Waals surface area contributed by atoms with E-state index in [1.54, 1.807) is 0 Å². The van der Waals surface area contributed by atoms with Crippen LogP contribution in [0.3, 0.4) is 0 Å². The normalized spacial score (nSPS) is 23.2. The van der Waals surface area contributed by atoms with E-state index in [4.69, 9.17) is 21.3 Å². The summed E-state index contributed by atoms with van der Waals surface area (Å²) in [4.78, 5) is 7.27. The Kier molecular flexibility index (Phi) is 9.45. The van der Waals surface area contributed by atoms with Gasteiger partial charge in [-0.3, -0.25) is 9.89 Å². The third kappa shape index (κ3) is 6.25. The molecule has 2 fully saturated rings. The lowest BCUT2D eigenvalue weighted by Crippen LogP contribution is -2.47. The largest absolute Gasteiger partial charge is 0.373 e. The Morgan fingerprint density at radius 3 is 3.00 bits per heavy atom. The first-order valence-corrected chi connectivity index (χ1v) is 9.75. The Hall–Kier alpha value is -0.570. The summed E-state index contributed by atoms with van der Waals surface area (Å²) >= 11 is 6.21. The van der Waals surface area contributed by atoms with Crippen molar-refractivity contribution in [1.29, 1.82) is 0 Å². The van der Waals surface area contributed by atoms with Crippen molar-refractivity contribution < 1.29 is 4.74 Å². The molecular weight excluding hydrogens is 463 g/mol. The SMILES string of the molecule is CCNC(=NCC1CN2CCCC2CO1)NCCc1ccccc1Cl.I. The highest BCUT2D eigenvalue weighted by atomic mass is 127. The second-order valence-electron chi connectivity index (χ2n) is 6.73. The number of morpholine rings is 1. The zero-order valence-corrected chi connectivity index (χ0v) is 18.5. The predicted octanol–water partition coefficient (Wildman–Crippen LogP) is 2.92. The van der Waals surface area contributed by atoms with Crippen LogP contribution in [-0.4, -0.2) is 62.3 Å². The van der Waals surface area contributed by atoms with Crippen molar-refractivity contribution in [2.24, 2.45) is 4.99 Å². The topological polar surface area (TPSA) is 48.9 Å². The van der Waals surface area contributed by atoms with Gasteiger partial charge in [0.1, 0.15) is 0 Å². The van der Waals surface area contributed by atoms with Crippen molar-refractivity contribution in [2.45, 2.75) is 38.3 Å². The number of aliphatic imine (C=N–C) groups is 1.